The lowest BCUT2D eigenvalue weighted by molar-refractivity contribution is -0.117. The van der Waals surface area contributed by atoms with Crippen LogP contribution in [0.15, 0.2) is 42.6 Å². The van der Waals surface area contributed by atoms with Crippen LogP contribution in [0.2, 0.25) is 5.02 Å². The van der Waals surface area contributed by atoms with Crippen LogP contribution < -0.4 is 30.5 Å². The van der Waals surface area contributed by atoms with Crippen LogP contribution >= 0.6 is 11.6 Å². The highest BCUT2D eigenvalue weighted by atomic mass is 35.5. The number of fused-ring (bicyclic) bond motifs is 10. The zero-order valence-corrected chi connectivity index (χ0v) is 23.7. The monoisotopic (exact) mass is 550 g/mol. The highest BCUT2D eigenvalue weighted by Gasteiger charge is 2.35. The summed E-state index contributed by atoms with van der Waals surface area (Å²) in [6, 6.07) is 11.5. The van der Waals surface area contributed by atoms with Crippen LogP contribution in [0.25, 0.3) is 0 Å². The first kappa shape index (κ1) is 27.0. The number of nitrogens with zero attached hydrogens (tertiary/aromatic N) is 5. The van der Waals surface area contributed by atoms with Gasteiger partial charge in [0.2, 0.25) is 11.9 Å². The molecule has 0 saturated heterocycles. The molecule has 11 heteroatoms. The Morgan fingerprint density at radius 1 is 1.13 bits per heavy atom. The summed E-state index contributed by atoms with van der Waals surface area (Å²) < 4.78 is 5.76. The molecule has 6 bridgehead atoms. The fourth-order valence-corrected chi connectivity index (χ4v) is 5.39. The van der Waals surface area contributed by atoms with Crippen molar-refractivity contribution in [3.05, 3.63) is 58.9 Å². The van der Waals surface area contributed by atoms with Gasteiger partial charge in [0.1, 0.15) is 11.8 Å². The molecule has 10 nitrogen and oxygen atoms in total. The summed E-state index contributed by atoms with van der Waals surface area (Å²) in [6.45, 7) is 2.74. The van der Waals surface area contributed by atoms with Crippen molar-refractivity contribution >= 4 is 46.2 Å². The molecule has 0 spiro atoms. The van der Waals surface area contributed by atoms with Crippen molar-refractivity contribution in [2.45, 2.75) is 12.0 Å². The number of rotatable bonds is 6. The van der Waals surface area contributed by atoms with Gasteiger partial charge in [-0.25, -0.2) is 9.97 Å². The largest absolute Gasteiger partial charge is 0.494 e. The van der Waals surface area contributed by atoms with E-state index in [0.29, 0.717) is 41.2 Å². The van der Waals surface area contributed by atoms with Crippen molar-refractivity contribution in [3.63, 3.8) is 0 Å². The fourth-order valence-electron chi connectivity index (χ4n) is 5.17. The molecule has 1 aromatic heterocycles. The molecule has 2 atom stereocenters. The van der Waals surface area contributed by atoms with Crippen LogP contribution in [0, 0.1) is 0 Å². The number of hydrogen-bond donors (Lipinski definition) is 3. The van der Waals surface area contributed by atoms with Crippen LogP contribution in [-0.4, -0.2) is 88.3 Å². The average Bonchev–Trinajstić information content (AvgIpc) is 3.29. The first-order valence-electron chi connectivity index (χ1n) is 13.0. The number of likely N-dealkylation sites (N-methyl/N-ethyl adjacent to an activating group) is 3. The molecule has 0 radical (unpaired) electrons. The maximum absolute atomic E-state index is 13.7. The molecule has 0 fully saturated rings. The molecule has 3 heterocycles. The zero-order valence-electron chi connectivity index (χ0n) is 23.0. The molecular formula is C28H35ClN8O2. The zero-order chi connectivity index (χ0) is 27.7. The Hall–Kier alpha value is -3.60. The molecule has 2 aliphatic heterocycles. The molecule has 1 amide bonds. The lowest BCUT2D eigenvalue weighted by Gasteiger charge is -2.28. The summed E-state index contributed by atoms with van der Waals surface area (Å²) in [5, 5.41) is 10.2. The van der Waals surface area contributed by atoms with Crippen molar-refractivity contribution in [2.75, 3.05) is 81.9 Å². The molecule has 3 N–H and O–H groups in total. The van der Waals surface area contributed by atoms with Gasteiger partial charge in [-0.15, -0.1) is 0 Å². The van der Waals surface area contributed by atoms with E-state index in [-0.39, 0.29) is 11.8 Å². The number of carbonyl (C=O) groups is 1. The van der Waals surface area contributed by atoms with Crippen LogP contribution in [0.5, 0.6) is 5.75 Å². The van der Waals surface area contributed by atoms with Gasteiger partial charge >= 0.3 is 0 Å². The molecule has 2 aromatic carbocycles. The molecule has 3 aromatic rings. The second-order valence-electron chi connectivity index (χ2n) is 10.2. The Morgan fingerprint density at radius 2 is 1.92 bits per heavy atom. The van der Waals surface area contributed by atoms with Crippen molar-refractivity contribution in [2.24, 2.45) is 0 Å². The van der Waals surface area contributed by atoms with E-state index in [1.165, 1.54) is 0 Å². The van der Waals surface area contributed by atoms with Gasteiger partial charge in [-0.3, -0.25) is 4.79 Å². The molecule has 0 saturated carbocycles. The van der Waals surface area contributed by atoms with E-state index in [1.807, 2.05) is 52.5 Å². The second-order valence-corrected chi connectivity index (χ2v) is 10.6. The summed E-state index contributed by atoms with van der Waals surface area (Å²) in [6.07, 6.45) is 1.64. The summed E-state index contributed by atoms with van der Waals surface area (Å²) in [7, 11) is 9.51. The van der Waals surface area contributed by atoms with Crippen molar-refractivity contribution < 1.29 is 9.53 Å². The Balaban J connectivity index is 1.63. The quantitative estimate of drug-likeness (QED) is 0.427. The minimum Gasteiger partial charge on any atom is -0.494 e. The van der Waals surface area contributed by atoms with Crippen LogP contribution in [-0.2, 0) is 4.79 Å². The van der Waals surface area contributed by atoms with E-state index in [4.69, 9.17) is 21.3 Å². The number of amides is 1. The number of halogens is 1. The second kappa shape index (κ2) is 11.3. The smallest absolute Gasteiger partial charge is 0.243 e. The van der Waals surface area contributed by atoms with Crippen LogP contribution in [0.3, 0.4) is 0 Å². The van der Waals surface area contributed by atoms with Gasteiger partial charge in [-0.05, 0) is 38.8 Å². The molecule has 39 heavy (non-hydrogen) atoms. The first-order valence-corrected chi connectivity index (χ1v) is 13.4. The van der Waals surface area contributed by atoms with Crippen molar-refractivity contribution in [3.8, 4) is 5.75 Å². The van der Waals surface area contributed by atoms with Gasteiger partial charge in [0.15, 0.2) is 0 Å². The number of aromatic nitrogens is 2. The predicted molar refractivity (Wildman–Crippen MR) is 157 cm³/mol. The lowest BCUT2D eigenvalue weighted by Crippen LogP contribution is -2.47. The standard InChI is InChI=1S/C28H35ClN8O2/c1-30-22-16-37-15-18(17-8-6-7-9-23(17)37)26-19(29)14-31-28(34-26)33-21-12-20(32-27(22)38)24(13-25(21)39-5)36(4)11-10-35(2)3/h6-9,12-14,18,22,30H,10-11,15-16H2,1-5H3,(H,32,38)(H,31,33,34)/t18?,22-/m0/s1. The number of hydrogen-bond acceptors (Lipinski definition) is 9. The number of benzene rings is 2. The Morgan fingerprint density at radius 3 is 2.67 bits per heavy atom. The van der Waals surface area contributed by atoms with E-state index >= 15 is 0 Å². The maximum Gasteiger partial charge on any atom is 0.243 e. The third-order valence-corrected chi connectivity index (χ3v) is 7.63. The first-order chi connectivity index (χ1) is 18.8. The molecular weight excluding hydrogens is 516 g/mol. The Kier molecular flexibility index (Phi) is 7.79. The van der Waals surface area contributed by atoms with Gasteiger partial charge in [-0.1, -0.05) is 29.8 Å². The number of ether oxygens (including phenoxy) is 1. The minimum atomic E-state index is -0.463. The molecule has 206 valence electrons. The molecule has 2 aliphatic rings. The van der Waals surface area contributed by atoms with E-state index in [9.17, 15) is 4.79 Å². The Labute approximate surface area is 234 Å². The summed E-state index contributed by atoms with van der Waals surface area (Å²) in [5.41, 5.74) is 5.08. The number of carbonyl (C=O) groups excluding carboxylic acids is 1. The Bertz CT molecular complexity index is 1370. The summed E-state index contributed by atoms with van der Waals surface area (Å²) in [5.74, 6) is 0.821. The van der Waals surface area contributed by atoms with Gasteiger partial charge in [0.25, 0.3) is 0 Å². The summed E-state index contributed by atoms with van der Waals surface area (Å²) in [4.78, 5) is 29.5. The van der Waals surface area contributed by atoms with Crippen LogP contribution in [0.1, 0.15) is 17.2 Å². The van der Waals surface area contributed by atoms with Crippen LogP contribution in [0.4, 0.5) is 28.7 Å². The fraction of sp³-hybridized carbons (Fsp3) is 0.393. The topological polar surface area (TPSA) is 97.9 Å². The van der Waals surface area contributed by atoms with Gasteiger partial charge in [0, 0.05) is 50.9 Å². The predicted octanol–water partition coefficient (Wildman–Crippen LogP) is 3.37. The molecule has 5 rings (SSSR count). The third-order valence-electron chi connectivity index (χ3n) is 7.34. The number of para-hydroxylation sites is 1. The van der Waals surface area contributed by atoms with Crippen molar-refractivity contribution in [1.82, 2.24) is 20.2 Å². The summed E-state index contributed by atoms with van der Waals surface area (Å²) >= 11 is 6.67. The maximum atomic E-state index is 13.7. The lowest BCUT2D eigenvalue weighted by atomic mass is 9.98. The highest BCUT2D eigenvalue weighted by molar-refractivity contribution is 6.31. The van der Waals surface area contributed by atoms with E-state index in [2.05, 4.69) is 47.8 Å². The molecule has 0 aliphatic carbocycles. The number of methoxy groups -OCH3 is 1. The van der Waals surface area contributed by atoms with E-state index in [1.54, 1.807) is 13.3 Å². The normalized spacial score (nSPS) is 18.2. The number of nitrogens with one attached hydrogen (secondary N) is 3. The van der Waals surface area contributed by atoms with Gasteiger partial charge < -0.3 is 35.4 Å². The number of anilines is 5. The van der Waals surface area contributed by atoms with E-state index < -0.39 is 6.04 Å². The SMILES string of the molecule is CN[C@H]1CN2CC(c3ccccc32)c2nc(ncc2Cl)Nc2cc(c(N(C)CCN(C)C)cc2OC)NC1=O. The van der Waals surface area contributed by atoms with Crippen molar-refractivity contribution in [1.29, 1.82) is 0 Å². The van der Waals surface area contributed by atoms with E-state index in [0.717, 1.165) is 35.7 Å². The van der Waals surface area contributed by atoms with Gasteiger partial charge in [-0.2, -0.15) is 0 Å². The third kappa shape index (κ3) is 5.45. The highest BCUT2D eigenvalue weighted by Crippen LogP contribution is 2.43. The minimum absolute atomic E-state index is 0.0639. The molecule has 1 unspecified atom stereocenters. The average molecular weight is 551 g/mol. The van der Waals surface area contributed by atoms with Gasteiger partial charge in [0.05, 0.1) is 41.1 Å².